The number of fused-ring (bicyclic) bond motifs is 3. The minimum atomic E-state index is -3.11. The molecule has 0 saturated carbocycles. The lowest BCUT2D eigenvalue weighted by molar-refractivity contribution is 0.583. The molecule has 0 saturated heterocycles. The van der Waals surface area contributed by atoms with Gasteiger partial charge >= 0.3 is 0 Å². The van der Waals surface area contributed by atoms with Crippen LogP contribution < -0.4 is 4.72 Å². The molecule has 1 aliphatic heterocycles. The number of aryl methyl sites for hydroxylation is 1. The molecule has 88 valence electrons. The van der Waals surface area contributed by atoms with Crippen molar-refractivity contribution in [2.75, 3.05) is 5.75 Å². The van der Waals surface area contributed by atoms with Gasteiger partial charge in [0.1, 0.15) is 0 Å². The molecule has 3 nitrogen and oxygen atoms in total. The van der Waals surface area contributed by atoms with E-state index in [-0.39, 0.29) is 5.75 Å². The highest BCUT2D eigenvalue weighted by molar-refractivity contribution is 7.89. The number of benzene rings is 2. The van der Waals surface area contributed by atoms with Gasteiger partial charge in [-0.15, -0.1) is 0 Å². The second-order valence-electron chi connectivity index (χ2n) is 4.31. The Balaban J connectivity index is 2.22. The zero-order valence-corrected chi connectivity index (χ0v) is 10.1. The molecule has 0 amide bonds. The van der Waals surface area contributed by atoms with Crippen molar-refractivity contribution in [3.63, 3.8) is 0 Å². The van der Waals surface area contributed by atoms with Crippen LogP contribution >= 0.6 is 0 Å². The maximum atomic E-state index is 11.6. The van der Waals surface area contributed by atoms with Crippen LogP contribution in [0.25, 0.3) is 10.8 Å². The largest absolute Gasteiger partial charge is 0.212 e. The SMILES string of the molecule is O=S1(=O)CCc2c(ccc3ccccc23)CN1. The van der Waals surface area contributed by atoms with E-state index in [4.69, 9.17) is 0 Å². The van der Waals surface area contributed by atoms with Gasteiger partial charge in [-0.05, 0) is 28.3 Å². The van der Waals surface area contributed by atoms with E-state index >= 15 is 0 Å². The van der Waals surface area contributed by atoms with Crippen molar-refractivity contribution in [2.24, 2.45) is 0 Å². The summed E-state index contributed by atoms with van der Waals surface area (Å²) in [6, 6.07) is 12.2. The molecular weight excluding hydrogens is 234 g/mol. The standard InChI is InChI=1S/C13H13NO2S/c15-17(16)8-7-13-11(9-14-17)6-5-10-3-1-2-4-12(10)13/h1-6,14H,7-9H2. The fraction of sp³-hybridized carbons (Fsp3) is 0.231. The van der Waals surface area contributed by atoms with E-state index in [0.717, 1.165) is 11.1 Å². The lowest BCUT2D eigenvalue weighted by atomic mass is 9.97. The highest BCUT2D eigenvalue weighted by Crippen LogP contribution is 2.25. The molecule has 0 spiro atoms. The Hall–Kier alpha value is -1.39. The Kier molecular flexibility index (Phi) is 2.42. The van der Waals surface area contributed by atoms with E-state index < -0.39 is 10.0 Å². The quantitative estimate of drug-likeness (QED) is 0.771. The lowest BCUT2D eigenvalue weighted by Crippen LogP contribution is -2.23. The molecule has 1 aliphatic rings. The molecule has 0 aromatic heterocycles. The molecule has 1 heterocycles. The molecule has 0 unspecified atom stereocenters. The summed E-state index contributed by atoms with van der Waals surface area (Å²) in [6.07, 6.45) is 0.589. The fourth-order valence-electron chi connectivity index (χ4n) is 2.34. The van der Waals surface area contributed by atoms with Crippen molar-refractivity contribution in [2.45, 2.75) is 13.0 Å². The molecule has 2 aromatic carbocycles. The Labute approximate surface area is 101 Å². The Morgan fingerprint density at radius 2 is 1.88 bits per heavy atom. The van der Waals surface area contributed by atoms with E-state index in [9.17, 15) is 8.42 Å². The van der Waals surface area contributed by atoms with Crippen molar-refractivity contribution in [1.82, 2.24) is 4.72 Å². The van der Waals surface area contributed by atoms with Crippen LogP contribution in [-0.4, -0.2) is 14.2 Å². The van der Waals surface area contributed by atoms with Gasteiger partial charge in [0.15, 0.2) is 0 Å². The summed E-state index contributed by atoms with van der Waals surface area (Å²) in [4.78, 5) is 0. The summed E-state index contributed by atoms with van der Waals surface area (Å²) in [6.45, 7) is 0.405. The topological polar surface area (TPSA) is 46.2 Å². The lowest BCUT2D eigenvalue weighted by Gasteiger charge is -2.08. The first kappa shape index (κ1) is 10.7. The van der Waals surface area contributed by atoms with E-state index in [0.29, 0.717) is 13.0 Å². The number of rotatable bonds is 0. The average Bonchev–Trinajstić information content (AvgIpc) is 2.49. The van der Waals surface area contributed by atoms with Gasteiger partial charge in [-0.2, -0.15) is 0 Å². The molecule has 3 rings (SSSR count). The third-order valence-electron chi connectivity index (χ3n) is 3.24. The average molecular weight is 247 g/mol. The van der Waals surface area contributed by atoms with Gasteiger partial charge < -0.3 is 0 Å². The highest BCUT2D eigenvalue weighted by atomic mass is 32.2. The first-order valence-corrected chi connectivity index (χ1v) is 7.28. The van der Waals surface area contributed by atoms with Crippen LogP contribution in [0.3, 0.4) is 0 Å². The molecule has 4 heteroatoms. The van der Waals surface area contributed by atoms with E-state index in [1.165, 1.54) is 10.8 Å². The molecule has 0 fully saturated rings. The first-order chi connectivity index (χ1) is 8.16. The van der Waals surface area contributed by atoms with Crippen molar-refractivity contribution in [1.29, 1.82) is 0 Å². The Morgan fingerprint density at radius 1 is 1.06 bits per heavy atom. The Morgan fingerprint density at radius 3 is 2.76 bits per heavy atom. The summed E-state index contributed by atoms with van der Waals surface area (Å²) in [5.74, 6) is 0.175. The molecule has 0 radical (unpaired) electrons. The maximum absolute atomic E-state index is 11.6. The second-order valence-corrected chi connectivity index (χ2v) is 6.24. The molecule has 17 heavy (non-hydrogen) atoms. The third-order valence-corrected chi connectivity index (χ3v) is 4.57. The molecular formula is C13H13NO2S. The molecule has 0 aliphatic carbocycles. The van der Waals surface area contributed by atoms with Gasteiger partial charge in [-0.1, -0.05) is 36.4 Å². The van der Waals surface area contributed by atoms with Crippen LogP contribution in [-0.2, 0) is 23.0 Å². The number of hydrogen-bond donors (Lipinski definition) is 1. The third kappa shape index (κ3) is 1.94. The van der Waals surface area contributed by atoms with Gasteiger partial charge in [0.25, 0.3) is 0 Å². The van der Waals surface area contributed by atoms with Crippen molar-refractivity contribution in [3.8, 4) is 0 Å². The monoisotopic (exact) mass is 247 g/mol. The zero-order valence-electron chi connectivity index (χ0n) is 9.31. The van der Waals surface area contributed by atoms with Gasteiger partial charge in [0, 0.05) is 6.54 Å². The molecule has 1 N–H and O–H groups in total. The van der Waals surface area contributed by atoms with Crippen LogP contribution in [0.5, 0.6) is 0 Å². The van der Waals surface area contributed by atoms with E-state index in [1.54, 1.807) is 0 Å². The number of sulfonamides is 1. The van der Waals surface area contributed by atoms with Gasteiger partial charge in [0.05, 0.1) is 5.75 Å². The minimum absolute atomic E-state index is 0.175. The number of nitrogens with one attached hydrogen (secondary N) is 1. The summed E-state index contributed by atoms with van der Waals surface area (Å²) in [5, 5.41) is 2.34. The molecule has 0 atom stereocenters. The van der Waals surface area contributed by atoms with E-state index in [1.807, 2.05) is 24.3 Å². The number of hydrogen-bond acceptors (Lipinski definition) is 2. The van der Waals surface area contributed by atoms with Crippen LogP contribution in [0, 0.1) is 0 Å². The second kappa shape index (κ2) is 3.82. The van der Waals surface area contributed by atoms with Gasteiger partial charge in [-0.25, -0.2) is 13.1 Å². The summed E-state index contributed by atoms with van der Waals surface area (Å²) < 4.78 is 25.7. The van der Waals surface area contributed by atoms with Crippen LogP contribution in [0.4, 0.5) is 0 Å². The molecule has 2 aromatic rings. The van der Waals surface area contributed by atoms with Crippen molar-refractivity contribution >= 4 is 20.8 Å². The Bertz CT molecular complexity index is 677. The first-order valence-electron chi connectivity index (χ1n) is 5.62. The molecule has 0 bridgehead atoms. The van der Waals surface area contributed by atoms with Crippen molar-refractivity contribution in [3.05, 3.63) is 47.5 Å². The normalized spacial score (nSPS) is 18.6. The maximum Gasteiger partial charge on any atom is 0.212 e. The minimum Gasteiger partial charge on any atom is -0.212 e. The van der Waals surface area contributed by atoms with Gasteiger partial charge in [-0.3, -0.25) is 0 Å². The van der Waals surface area contributed by atoms with Crippen LogP contribution in [0.1, 0.15) is 11.1 Å². The van der Waals surface area contributed by atoms with Crippen LogP contribution in [0.15, 0.2) is 36.4 Å². The predicted octanol–water partition coefficient (Wildman–Crippen LogP) is 1.82. The fourth-order valence-corrected chi connectivity index (χ4v) is 3.33. The van der Waals surface area contributed by atoms with E-state index in [2.05, 4.69) is 16.9 Å². The summed E-state index contributed by atoms with van der Waals surface area (Å²) in [7, 11) is -3.11. The van der Waals surface area contributed by atoms with Crippen molar-refractivity contribution < 1.29 is 8.42 Å². The highest BCUT2D eigenvalue weighted by Gasteiger charge is 2.18. The van der Waals surface area contributed by atoms with Gasteiger partial charge in [0.2, 0.25) is 10.0 Å². The zero-order chi connectivity index (χ0) is 11.9. The summed E-state index contributed by atoms with van der Waals surface area (Å²) in [5.41, 5.74) is 2.25. The predicted molar refractivity (Wildman–Crippen MR) is 68.3 cm³/mol. The smallest absolute Gasteiger partial charge is 0.212 e. The summed E-state index contributed by atoms with van der Waals surface area (Å²) >= 11 is 0. The van der Waals surface area contributed by atoms with Crippen LogP contribution in [0.2, 0.25) is 0 Å².